The maximum Gasteiger partial charge on any atom is 0.332 e. The molecule has 0 aliphatic heterocycles. The van der Waals surface area contributed by atoms with Gasteiger partial charge >= 0.3 is 5.69 Å². The third-order valence-corrected chi connectivity index (χ3v) is 3.46. The van der Waals surface area contributed by atoms with Crippen molar-refractivity contribution in [1.82, 2.24) is 9.97 Å². The van der Waals surface area contributed by atoms with Crippen molar-refractivity contribution in [1.29, 1.82) is 0 Å². The van der Waals surface area contributed by atoms with Gasteiger partial charge in [-0.15, -0.1) is 0 Å². The third kappa shape index (κ3) is 3.00. The number of thioether (sulfide) groups is 1. The predicted molar refractivity (Wildman–Crippen MR) is 74.1 cm³/mol. The molecule has 1 rings (SSSR count). The van der Waals surface area contributed by atoms with Crippen LogP contribution < -0.4 is 10.6 Å². The summed E-state index contributed by atoms with van der Waals surface area (Å²) in [6.07, 6.45) is 1.98. The molecule has 0 spiro atoms. The number of aryl methyl sites for hydroxylation is 1. The Kier molecular flexibility index (Phi) is 4.71. The molecule has 8 heteroatoms. The van der Waals surface area contributed by atoms with E-state index in [1.54, 1.807) is 30.6 Å². The van der Waals surface area contributed by atoms with Gasteiger partial charge in [0.25, 0.3) is 0 Å². The Morgan fingerprint density at radius 2 is 2.17 bits per heavy atom. The van der Waals surface area contributed by atoms with Crippen LogP contribution in [0.1, 0.15) is 12.6 Å². The molecule has 1 aromatic heterocycles. The van der Waals surface area contributed by atoms with Gasteiger partial charge in [-0.05, 0) is 20.1 Å². The van der Waals surface area contributed by atoms with Gasteiger partial charge in [0.2, 0.25) is 11.8 Å². The second-order valence-corrected chi connectivity index (χ2v) is 4.92. The molecule has 18 heavy (non-hydrogen) atoms. The summed E-state index contributed by atoms with van der Waals surface area (Å²) in [5, 5.41) is 11.1. The van der Waals surface area contributed by atoms with Crippen LogP contribution in [-0.4, -0.2) is 40.0 Å². The van der Waals surface area contributed by atoms with Crippen LogP contribution in [0.2, 0.25) is 0 Å². The van der Waals surface area contributed by atoms with Gasteiger partial charge in [-0.2, -0.15) is 16.7 Å². The Morgan fingerprint density at radius 3 is 2.67 bits per heavy atom. The van der Waals surface area contributed by atoms with Crippen LogP contribution in [0.5, 0.6) is 0 Å². The fourth-order valence-corrected chi connectivity index (χ4v) is 2.30. The first-order valence-electron chi connectivity index (χ1n) is 5.38. The van der Waals surface area contributed by atoms with E-state index in [0.29, 0.717) is 0 Å². The van der Waals surface area contributed by atoms with Gasteiger partial charge in [-0.25, -0.2) is 4.98 Å². The first-order chi connectivity index (χ1) is 8.38. The maximum atomic E-state index is 11.1. The normalized spacial score (nSPS) is 12.2. The average Bonchev–Trinajstić information content (AvgIpc) is 2.26. The first-order valence-corrected chi connectivity index (χ1v) is 6.78. The fourth-order valence-electron chi connectivity index (χ4n) is 1.59. The maximum absolute atomic E-state index is 11.1. The van der Waals surface area contributed by atoms with Gasteiger partial charge in [-0.1, -0.05) is 0 Å². The highest BCUT2D eigenvalue weighted by Crippen LogP contribution is 2.29. The van der Waals surface area contributed by atoms with Gasteiger partial charge < -0.3 is 10.6 Å². The van der Waals surface area contributed by atoms with Crippen LogP contribution in [0.4, 0.5) is 17.5 Å². The number of nitrogens with zero attached hydrogens (tertiary/aromatic N) is 4. The molecule has 0 saturated heterocycles. The number of nitrogens with two attached hydrogens (primary N) is 1. The lowest BCUT2D eigenvalue weighted by atomic mass is 10.3. The number of anilines is 2. The molecule has 2 N–H and O–H groups in total. The van der Waals surface area contributed by atoms with Crippen molar-refractivity contribution in [2.75, 3.05) is 29.7 Å². The summed E-state index contributed by atoms with van der Waals surface area (Å²) >= 11 is 1.67. The number of rotatable bonds is 5. The molecule has 1 atom stereocenters. The molecule has 0 fully saturated rings. The summed E-state index contributed by atoms with van der Waals surface area (Å²) in [5.41, 5.74) is 5.76. The SMILES string of the molecule is CSCC(C)N(C)c1nc(N)nc(C)c1[N+](=O)[O-]. The minimum atomic E-state index is -0.466. The monoisotopic (exact) mass is 271 g/mol. The Balaban J connectivity index is 3.25. The number of hydrogen-bond acceptors (Lipinski definition) is 7. The lowest BCUT2D eigenvalue weighted by molar-refractivity contribution is -0.385. The van der Waals surface area contributed by atoms with Gasteiger partial charge in [0.1, 0.15) is 5.69 Å². The van der Waals surface area contributed by atoms with E-state index < -0.39 is 4.92 Å². The van der Waals surface area contributed by atoms with Gasteiger partial charge in [0.15, 0.2) is 0 Å². The molecule has 0 aliphatic rings. The van der Waals surface area contributed by atoms with Crippen LogP contribution in [0.25, 0.3) is 0 Å². The molecular formula is C10H17N5O2S. The van der Waals surface area contributed by atoms with Crippen LogP contribution in [0, 0.1) is 17.0 Å². The molecular weight excluding hydrogens is 254 g/mol. The largest absolute Gasteiger partial charge is 0.368 e. The van der Waals surface area contributed by atoms with E-state index in [1.165, 1.54) is 0 Å². The molecule has 1 aromatic rings. The second-order valence-electron chi connectivity index (χ2n) is 4.01. The summed E-state index contributed by atoms with van der Waals surface area (Å²) in [6.45, 7) is 3.54. The summed E-state index contributed by atoms with van der Waals surface area (Å²) in [4.78, 5) is 20.2. The average molecular weight is 271 g/mol. The van der Waals surface area contributed by atoms with E-state index in [9.17, 15) is 10.1 Å². The molecule has 0 saturated carbocycles. The minimum absolute atomic E-state index is 0.0521. The van der Waals surface area contributed by atoms with Crippen molar-refractivity contribution >= 4 is 29.2 Å². The molecule has 0 radical (unpaired) electrons. The van der Waals surface area contributed by atoms with Gasteiger partial charge in [0, 0.05) is 18.8 Å². The van der Waals surface area contributed by atoms with Crippen molar-refractivity contribution in [3.63, 3.8) is 0 Å². The number of nitro groups is 1. The molecule has 1 heterocycles. The molecule has 1 unspecified atom stereocenters. The molecule has 0 aromatic carbocycles. The first kappa shape index (κ1) is 14.5. The zero-order chi connectivity index (χ0) is 13.9. The summed E-state index contributed by atoms with van der Waals surface area (Å²) < 4.78 is 0. The molecule has 0 aliphatic carbocycles. The van der Waals surface area contributed by atoms with E-state index in [0.717, 1.165) is 5.75 Å². The molecule has 100 valence electrons. The predicted octanol–water partition coefficient (Wildman–Crippen LogP) is 1.46. The number of aromatic nitrogens is 2. The van der Waals surface area contributed by atoms with Crippen molar-refractivity contribution in [3.05, 3.63) is 15.8 Å². The van der Waals surface area contributed by atoms with Crippen LogP contribution in [0.15, 0.2) is 0 Å². The van der Waals surface area contributed by atoms with Crippen molar-refractivity contribution in [2.24, 2.45) is 0 Å². The third-order valence-electron chi connectivity index (χ3n) is 2.64. The zero-order valence-electron chi connectivity index (χ0n) is 10.9. The zero-order valence-corrected chi connectivity index (χ0v) is 11.7. The lowest BCUT2D eigenvalue weighted by Gasteiger charge is -2.25. The Labute approximate surface area is 110 Å². The molecule has 0 bridgehead atoms. The van der Waals surface area contributed by atoms with Gasteiger partial charge in [0.05, 0.1) is 4.92 Å². The Morgan fingerprint density at radius 1 is 1.56 bits per heavy atom. The highest BCUT2D eigenvalue weighted by molar-refractivity contribution is 7.98. The van der Waals surface area contributed by atoms with Crippen LogP contribution in [0.3, 0.4) is 0 Å². The van der Waals surface area contributed by atoms with Gasteiger partial charge in [-0.3, -0.25) is 10.1 Å². The van der Waals surface area contributed by atoms with E-state index in [2.05, 4.69) is 9.97 Å². The Hall–Kier alpha value is -1.57. The van der Waals surface area contributed by atoms with E-state index in [4.69, 9.17) is 5.73 Å². The summed E-state index contributed by atoms with van der Waals surface area (Å²) in [5.74, 6) is 1.17. The summed E-state index contributed by atoms with van der Waals surface area (Å²) in [7, 11) is 1.77. The molecule has 7 nitrogen and oxygen atoms in total. The van der Waals surface area contributed by atoms with Crippen molar-refractivity contribution in [2.45, 2.75) is 19.9 Å². The number of hydrogen-bond donors (Lipinski definition) is 1. The standard InChI is InChI=1S/C10H17N5O2S/c1-6(5-18-4)14(3)9-8(15(16)17)7(2)12-10(11)13-9/h6H,5H2,1-4H3,(H2,11,12,13). The van der Waals surface area contributed by atoms with Crippen LogP contribution in [-0.2, 0) is 0 Å². The topological polar surface area (TPSA) is 98.2 Å². The second kappa shape index (κ2) is 5.85. The van der Waals surface area contributed by atoms with E-state index in [1.807, 2.05) is 13.2 Å². The van der Waals surface area contributed by atoms with Crippen molar-refractivity contribution in [3.8, 4) is 0 Å². The highest BCUT2D eigenvalue weighted by Gasteiger charge is 2.26. The van der Waals surface area contributed by atoms with Crippen LogP contribution >= 0.6 is 11.8 Å². The fraction of sp³-hybridized carbons (Fsp3) is 0.600. The summed E-state index contributed by atoms with van der Waals surface area (Å²) in [6, 6.07) is 0.118. The number of nitrogen functional groups attached to an aromatic ring is 1. The Bertz CT molecular complexity index is 454. The highest BCUT2D eigenvalue weighted by atomic mass is 32.2. The quantitative estimate of drug-likeness (QED) is 0.639. The molecule has 0 amide bonds. The minimum Gasteiger partial charge on any atom is -0.368 e. The smallest absolute Gasteiger partial charge is 0.332 e. The van der Waals surface area contributed by atoms with E-state index in [-0.39, 0.29) is 29.2 Å². The lowest BCUT2D eigenvalue weighted by Crippen LogP contribution is -2.32. The van der Waals surface area contributed by atoms with E-state index >= 15 is 0 Å². The van der Waals surface area contributed by atoms with Crippen molar-refractivity contribution < 1.29 is 4.92 Å².